The maximum Gasteiger partial charge on any atom is 0.305 e. The molecule has 0 N–H and O–H groups in total. The number of aromatic nitrogens is 1. The molecule has 0 aliphatic rings. The lowest BCUT2D eigenvalue weighted by molar-refractivity contribution is -0.159. The third-order valence-electron chi connectivity index (χ3n) is 12.2. The van der Waals surface area contributed by atoms with Gasteiger partial charge < -0.3 is 33.3 Å². The summed E-state index contributed by atoms with van der Waals surface area (Å²) in [5.74, 6) is -0.325. The van der Waals surface area contributed by atoms with Crippen LogP contribution in [0.25, 0.3) is 0 Å². The molecule has 0 bridgehead atoms. The minimum Gasteiger partial charge on any atom is -0.466 e. The van der Waals surface area contributed by atoms with Crippen LogP contribution in [0.1, 0.15) is 226 Å². The molecular weight excluding hydrogens is 889 g/mol. The quantitative estimate of drug-likeness (QED) is 0.0271. The first-order valence-electron chi connectivity index (χ1n) is 29.0. The Morgan fingerprint density at radius 2 is 0.817 bits per heavy atom. The summed E-state index contributed by atoms with van der Waals surface area (Å²) in [7, 11) is 0. The topological polar surface area (TPSA) is 106 Å². The molecule has 0 spiro atoms. The molecule has 0 aliphatic heterocycles. The number of carbonyl (C=O) groups is 2. The van der Waals surface area contributed by atoms with E-state index in [9.17, 15) is 9.59 Å². The molecule has 71 heavy (non-hydrogen) atoms. The molecule has 1 aromatic heterocycles. The van der Waals surface area contributed by atoms with Gasteiger partial charge >= 0.3 is 11.9 Å². The van der Waals surface area contributed by atoms with Gasteiger partial charge in [-0.3, -0.25) is 14.6 Å². The van der Waals surface area contributed by atoms with Crippen LogP contribution in [0.3, 0.4) is 0 Å². The molecule has 1 aromatic rings. The molecule has 1 rings (SSSR count). The van der Waals surface area contributed by atoms with Gasteiger partial charge in [0.05, 0.1) is 26.1 Å². The molecule has 0 amide bonds. The van der Waals surface area contributed by atoms with Gasteiger partial charge in [-0.2, -0.15) is 0 Å². The van der Waals surface area contributed by atoms with Crippen molar-refractivity contribution in [2.45, 2.75) is 239 Å². The van der Waals surface area contributed by atoms with Crippen LogP contribution < -0.4 is 0 Å². The zero-order valence-corrected chi connectivity index (χ0v) is 46.0. The molecule has 408 valence electrons. The Morgan fingerprint density at radius 1 is 0.451 bits per heavy atom. The van der Waals surface area contributed by atoms with Crippen LogP contribution in [0.15, 0.2) is 73.0 Å². The number of unbranched alkanes of at least 4 members (excludes halogenated alkanes) is 16. The lowest BCUT2D eigenvalue weighted by atomic mass is 10.1. The molecule has 0 atom stereocenters. The second-order valence-electron chi connectivity index (χ2n) is 18.8. The number of rotatable bonds is 53. The third kappa shape index (κ3) is 46.4. The van der Waals surface area contributed by atoms with Crippen LogP contribution in [0, 0.1) is 0 Å². The van der Waals surface area contributed by atoms with Crippen LogP contribution in [-0.2, 0) is 44.4 Å². The summed E-state index contributed by atoms with van der Waals surface area (Å²) < 4.78 is 35.6. The fourth-order valence-corrected chi connectivity index (χ4v) is 7.96. The van der Waals surface area contributed by atoms with Gasteiger partial charge in [-0.05, 0) is 154 Å². The highest BCUT2D eigenvalue weighted by Gasteiger charge is 2.15. The van der Waals surface area contributed by atoms with Crippen molar-refractivity contribution in [1.82, 2.24) is 9.88 Å². The first-order valence-corrected chi connectivity index (χ1v) is 29.0. The van der Waals surface area contributed by atoms with E-state index in [4.69, 9.17) is 28.4 Å². The average Bonchev–Trinajstić information content (AvgIpc) is 3.38. The summed E-state index contributed by atoms with van der Waals surface area (Å²) in [5.41, 5.74) is 1.14. The minimum absolute atomic E-state index is 0.162. The fraction of sp³-hybridized carbons (Fsp3) is 0.754. The molecule has 0 fully saturated rings. The van der Waals surface area contributed by atoms with Gasteiger partial charge in [0.2, 0.25) is 0 Å². The number of nitrogens with zero attached hydrogens (tertiary/aromatic N) is 2. The smallest absolute Gasteiger partial charge is 0.305 e. The largest absolute Gasteiger partial charge is 0.466 e. The number of ether oxygens (including phenoxy) is 6. The number of allylic oxidation sites excluding steroid dienone is 8. The van der Waals surface area contributed by atoms with Crippen LogP contribution in [-0.4, -0.2) is 93.7 Å². The van der Waals surface area contributed by atoms with Crippen molar-refractivity contribution >= 4 is 11.9 Å². The van der Waals surface area contributed by atoms with Crippen molar-refractivity contribution in [3.8, 4) is 0 Å². The summed E-state index contributed by atoms with van der Waals surface area (Å²) >= 11 is 0. The highest BCUT2D eigenvalue weighted by Crippen LogP contribution is 2.14. The van der Waals surface area contributed by atoms with E-state index in [1.165, 1.54) is 12.8 Å². The normalized spacial score (nSPS) is 12.2. The van der Waals surface area contributed by atoms with Gasteiger partial charge in [-0.25, -0.2) is 0 Å². The van der Waals surface area contributed by atoms with E-state index in [2.05, 4.69) is 98.3 Å². The van der Waals surface area contributed by atoms with E-state index in [0.29, 0.717) is 65.3 Å². The predicted molar refractivity (Wildman–Crippen MR) is 295 cm³/mol. The lowest BCUT2D eigenvalue weighted by Gasteiger charge is -2.22. The Morgan fingerprint density at radius 3 is 1.18 bits per heavy atom. The number of esters is 2. The van der Waals surface area contributed by atoms with Crippen molar-refractivity contribution in [2.75, 3.05) is 59.3 Å². The molecule has 10 heteroatoms. The summed E-state index contributed by atoms with van der Waals surface area (Å²) in [6.45, 7) is 15.3. The van der Waals surface area contributed by atoms with Crippen LogP contribution in [0.4, 0.5) is 0 Å². The van der Waals surface area contributed by atoms with Crippen LogP contribution in [0.5, 0.6) is 0 Å². The van der Waals surface area contributed by atoms with E-state index in [1.54, 1.807) is 0 Å². The lowest BCUT2D eigenvalue weighted by Crippen LogP contribution is -2.28. The SMILES string of the molecule is CC/C=C\CCCCOC(CCC(=O)OCCCCCCCN(CCCCCCCOC(=O)CCC(OCCCC/C=C\CC)OCCCC/C=C\CC)CCc1ccccn1)OCCCC/C=C\CC. The molecule has 0 aliphatic carbocycles. The van der Waals surface area contributed by atoms with E-state index in [-0.39, 0.29) is 24.5 Å². The number of carbonyl (C=O) groups excluding carboxylic acids is 2. The summed E-state index contributed by atoms with van der Waals surface area (Å²) in [6, 6.07) is 6.16. The maximum absolute atomic E-state index is 12.6. The second-order valence-corrected chi connectivity index (χ2v) is 18.8. The monoisotopic (exact) mass is 995 g/mol. The van der Waals surface area contributed by atoms with Gasteiger partial charge in [-0.1, -0.05) is 121 Å². The van der Waals surface area contributed by atoms with Crippen LogP contribution >= 0.6 is 0 Å². The van der Waals surface area contributed by atoms with Gasteiger partial charge in [0.15, 0.2) is 12.6 Å². The standard InChI is InChI=1S/C61H106N2O8/c1-5-9-13-17-25-37-53-68-60(69-54-38-26-18-14-10-6-2)44-42-58(64)66-51-35-29-21-23-33-48-63(50-46-57-41-31-32-47-62-57)49-34-24-22-30-36-52-67-59(65)43-45-61(70-55-39-27-19-15-11-7-3)71-56-40-28-20-16-12-8-4/h9-16,31-32,41,47,60-61H,5-8,17-30,33-40,42-46,48-56H2,1-4H3/b13-9-,14-10-,15-11-,16-12-. The first-order chi connectivity index (χ1) is 35.0. The Hall–Kier alpha value is -3.15. The molecule has 0 saturated carbocycles. The summed E-state index contributed by atoms with van der Waals surface area (Å²) in [5, 5.41) is 0. The van der Waals surface area contributed by atoms with Gasteiger partial charge in [0.25, 0.3) is 0 Å². The molecule has 1 heterocycles. The Bertz CT molecular complexity index is 1290. The molecular formula is C61H106N2O8. The van der Waals surface area contributed by atoms with E-state index < -0.39 is 0 Å². The minimum atomic E-state index is -0.361. The fourth-order valence-electron chi connectivity index (χ4n) is 7.96. The molecule has 0 saturated heterocycles. The Balaban J connectivity index is 2.34. The van der Waals surface area contributed by atoms with Crippen LogP contribution in [0.2, 0.25) is 0 Å². The highest BCUT2D eigenvalue weighted by atomic mass is 16.7. The molecule has 0 radical (unpaired) electrons. The third-order valence-corrected chi connectivity index (χ3v) is 12.2. The number of pyridine rings is 1. The summed E-state index contributed by atoms with van der Waals surface area (Å²) in [4.78, 5) is 32.4. The van der Waals surface area contributed by atoms with Gasteiger partial charge in [-0.15, -0.1) is 0 Å². The Kier molecular flexibility index (Phi) is 49.3. The molecule has 0 unspecified atom stereocenters. The Labute approximate surface area is 435 Å². The van der Waals surface area contributed by atoms with Crippen molar-refractivity contribution in [3.05, 3.63) is 78.7 Å². The zero-order valence-electron chi connectivity index (χ0n) is 46.0. The van der Waals surface area contributed by atoms with Gasteiger partial charge in [0.1, 0.15) is 0 Å². The van der Waals surface area contributed by atoms with E-state index >= 15 is 0 Å². The van der Waals surface area contributed by atoms with Crippen molar-refractivity contribution in [1.29, 1.82) is 0 Å². The average molecular weight is 996 g/mol. The second kappa shape index (κ2) is 53.2. The van der Waals surface area contributed by atoms with Crippen molar-refractivity contribution in [3.63, 3.8) is 0 Å². The zero-order chi connectivity index (χ0) is 51.2. The highest BCUT2D eigenvalue weighted by molar-refractivity contribution is 5.69. The number of hydrogen-bond acceptors (Lipinski definition) is 10. The van der Waals surface area contributed by atoms with Crippen molar-refractivity contribution in [2.24, 2.45) is 0 Å². The predicted octanol–water partition coefficient (Wildman–Crippen LogP) is 15.7. The molecule has 0 aromatic carbocycles. The van der Waals surface area contributed by atoms with E-state index in [0.717, 1.165) is 186 Å². The number of hydrogen-bond donors (Lipinski definition) is 0. The molecule has 10 nitrogen and oxygen atoms in total. The van der Waals surface area contributed by atoms with Crippen molar-refractivity contribution < 1.29 is 38.0 Å². The summed E-state index contributed by atoms with van der Waals surface area (Å²) in [6.07, 6.45) is 49.3. The first kappa shape index (κ1) is 65.9. The van der Waals surface area contributed by atoms with Gasteiger partial charge in [0, 0.05) is 64.1 Å². The van der Waals surface area contributed by atoms with E-state index in [1.807, 2.05) is 12.3 Å². The maximum atomic E-state index is 12.6.